The lowest BCUT2D eigenvalue weighted by molar-refractivity contribution is -0.134. The summed E-state index contributed by atoms with van der Waals surface area (Å²) in [5.41, 5.74) is -0.893. The van der Waals surface area contributed by atoms with Crippen LogP contribution in [0, 0.1) is 0 Å². The van der Waals surface area contributed by atoms with E-state index in [1.54, 1.807) is 4.90 Å². The molecule has 2 aliphatic rings. The van der Waals surface area contributed by atoms with E-state index in [4.69, 9.17) is 4.74 Å². The van der Waals surface area contributed by atoms with Crippen LogP contribution in [0.4, 0.5) is 4.79 Å². The van der Waals surface area contributed by atoms with Gasteiger partial charge < -0.3 is 9.64 Å². The van der Waals surface area contributed by atoms with E-state index < -0.39 is 11.1 Å². The standard InChI is InChI=1S/C13H22N2O3/c1-5-15-7-6-10(16)13(15)8-14(9-13)11(17)18-12(2,3)4/h5-9H2,1-4H3. The van der Waals surface area contributed by atoms with Gasteiger partial charge in [0, 0.05) is 13.0 Å². The van der Waals surface area contributed by atoms with Crippen molar-refractivity contribution in [3.63, 3.8) is 0 Å². The number of likely N-dealkylation sites (N-methyl/N-ethyl adjacent to an activating group) is 1. The van der Waals surface area contributed by atoms with Crippen LogP contribution in [0.2, 0.25) is 0 Å². The van der Waals surface area contributed by atoms with Gasteiger partial charge in [-0.25, -0.2) is 4.79 Å². The molecule has 1 amide bonds. The van der Waals surface area contributed by atoms with E-state index in [2.05, 4.69) is 11.8 Å². The number of likely N-dealkylation sites (tertiary alicyclic amines) is 2. The Morgan fingerprint density at radius 2 is 2.00 bits per heavy atom. The number of hydrogen-bond donors (Lipinski definition) is 0. The SMILES string of the molecule is CCN1CCC(=O)C12CN(C(=O)OC(C)(C)C)C2. The fourth-order valence-corrected chi connectivity index (χ4v) is 2.74. The zero-order chi connectivity index (χ0) is 13.6. The molecule has 0 bridgehead atoms. The van der Waals surface area contributed by atoms with Crippen LogP contribution in [0.25, 0.3) is 0 Å². The van der Waals surface area contributed by atoms with Gasteiger partial charge in [0.1, 0.15) is 11.1 Å². The highest BCUT2D eigenvalue weighted by Gasteiger charge is 2.57. The van der Waals surface area contributed by atoms with Crippen LogP contribution in [0.3, 0.4) is 0 Å². The lowest BCUT2D eigenvalue weighted by atomic mass is 9.86. The topological polar surface area (TPSA) is 49.9 Å². The van der Waals surface area contributed by atoms with Crippen LogP contribution in [-0.2, 0) is 9.53 Å². The zero-order valence-corrected chi connectivity index (χ0v) is 11.7. The summed E-state index contributed by atoms with van der Waals surface area (Å²) in [5.74, 6) is 0.268. The Kier molecular flexibility index (Phi) is 3.13. The Bertz CT molecular complexity index is 367. The predicted molar refractivity (Wildman–Crippen MR) is 67.4 cm³/mol. The Balaban J connectivity index is 1.97. The summed E-state index contributed by atoms with van der Waals surface area (Å²) in [6, 6.07) is 0. The molecule has 2 aliphatic heterocycles. The maximum atomic E-state index is 12.0. The molecule has 0 atom stereocenters. The second kappa shape index (κ2) is 4.23. The van der Waals surface area contributed by atoms with Crippen molar-refractivity contribution in [1.82, 2.24) is 9.80 Å². The quantitative estimate of drug-likeness (QED) is 0.707. The van der Waals surface area contributed by atoms with Crippen LogP contribution < -0.4 is 0 Å². The number of amides is 1. The lowest BCUT2D eigenvalue weighted by Crippen LogP contribution is -2.72. The van der Waals surface area contributed by atoms with E-state index >= 15 is 0 Å². The maximum Gasteiger partial charge on any atom is 0.410 e. The highest BCUT2D eigenvalue weighted by molar-refractivity contribution is 5.94. The third kappa shape index (κ3) is 2.11. The molecule has 102 valence electrons. The number of ketones is 1. The molecular weight excluding hydrogens is 232 g/mol. The summed E-state index contributed by atoms with van der Waals surface area (Å²) in [6.07, 6.45) is 0.291. The summed E-state index contributed by atoms with van der Waals surface area (Å²) >= 11 is 0. The summed E-state index contributed by atoms with van der Waals surface area (Å²) in [6.45, 7) is 10.2. The molecule has 0 aromatic carbocycles. The van der Waals surface area contributed by atoms with Gasteiger partial charge in [-0.05, 0) is 27.3 Å². The van der Waals surface area contributed by atoms with Crippen molar-refractivity contribution in [3.05, 3.63) is 0 Å². The van der Waals surface area contributed by atoms with Crippen molar-refractivity contribution in [1.29, 1.82) is 0 Å². The van der Waals surface area contributed by atoms with Crippen molar-refractivity contribution < 1.29 is 14.3 Å². The molecular formula is C13H22N2O3. The fraction of sp³-hybridized carbons (Fsp3) is 0.846. The Morgan fingerprint density at radius 3 is 2.50 bits per heavy atom. The van der Waals surface area contributed by atoms with Gasteiger partial charge in [-0.1, -0.05) is 6.92 Å². The van der Waals surface area contributed by atoms with Gasteiger partial charge in [0.05, 0.1) is 13.1 Å². The van der Waals surface area contributed by atoms with E-state index in [9.17, 15) is 9.59 Å². The van der Waals surface area contributed by atoms with Gasteiger partial charge >= 0.3 is 6.09 Å². The molecule has 5 nitrogen and oxygen atoms in total. The van der Waals surface area contributed by atoms with Gasteiger partial charge in [0.15, 0.2) is 5.78 Å². The van der Waals surface area contributed by atoms with E-state index in [1.807, 2.05) is 20.8 Å². The highest BCUT2D eigenvalue weighted by Crippen LogP contribution is 2.35. The third-order valence-corrected chi connectivity index (χ3v) is 3.67. The second-order valence-corrected chi connectivity index (χ2v) is 6.12. The Labute approximate surface area is 108 Å². The molecule has 0 unspecified atom stereocenters. The molecule has 0 aromatic heterocycles. The molecule has 2 fully saturated rings. The van der Waals surface area contributed by atoms with Crippen LogP contribution in [-0.4, -0.2) is 59.0 Å². The van der Waals surface area contributed by atoms with Crippen LogP contribution >= 0.6 is 0 Å². The normalized spacial score (nSPS) is 23.3. The molecule has 0 aromatic rings. The predicted octanol–water partition coefficient (Wildman–Crippen LogP) is 1.27. The van der Waals surface area contributed by atoms with Gasteiger partial charge in [-0.2, -0.15) is 0 Å². The number of nitrogens with zero attached hydrogens (tertiary/aromatic N) is 2. The lowest BCUT2D eigenvalue weighted by Gasteiger charge is -2.50. The highest BCUT2D eigenvalue weighted by atomic mass is 16.6. The molecule has 2 rings (SSSR count). The number of hydrogen-bond acceptors (Lipinski definition) is 4. The zero-order valence-electron chi connectivity index (χ0n) is 11.7. The average Bonchev–Trinajstić information content (AvgIpc) is 2.49. The Morgan fingerprint density at radius 1 is 1.39 bits per heavy atom. The Hall–Kier alpha value is -1.10. The van der Waals surface area contributed by atoms with E-state index in [0.717, 1.165) is 13.1 Å². The van der Waals surface area contributed by atoms with Crippen molar-refractivity contribution >= 4 is 11.9 Å². The summed E-state index contributed by atoms with van der Waals surface area (Å²) in [5, 5.41) is 0. The summed E-state index contributed by atoms with van der Waals surface area (Å²) in [7, 11) is 0. The molecule has 18 heavy (non-hydrogen) atoms. The van der Waals surface area contributed by atoms with Crippen LogP contribution in [0.15, 0.2) is 0 Å². The first kappa shape index (κ1) is 13.3. The number of carbonyl (C=O) groups excluding carboxylic acids is 2. The van der Waals surface area contributed by atoms with E-state index in [1.165, 1.54) is 0 Å². The molecule has 2 heterocycles. The maximum absolute atomic E-state index is 12.0. The minimum atomic E-state index is -0.482. The fourth-order valence-electron chi connectivity index (χ4n) is 2.74. The van der Waals surface area contributed by atoms with Gasteiger partial charge in [0.25, 0.3) is 0 Å². The second-order valence-electron chi connectivity index (χ2n) is 6.12. The minimum absolute atomic E-state index is 0.268. The van der Waals surface area contributed by atoms with E-state index in [0.29, 0.717) is 19.5 Å². The van der Waals surface area contributed by atoms with Gasteiger partial charge in [0.2, 0.25) is 0 Å². The molecule has 5 heteroatoms. The van der Waals surface area contributed by atoms with Crippen molar-refractivity contribution in [2.45, 2.75) is 45.3 Å². The number of carbonyl (C=O) groups is 2. The first-order valence-corrected chi connectivity index (χ1v) is 6.55. The molecule has 1 spiro atoms. The molecule has 2 saturated heterocycles. The number of ether oxygens (including phenoxy) is 1. The summed E-state index contributed by atoms with van der Waals surface area (Å²) in [4.78, 5) is 27.6. The van der Waals surface area contributed by atoms with Crippen LogP contribution in [0.1, 0.15) is 34.1 Å². The molecule has 0 radical (unpaired) electrons. The molecule has 0 aliphatic carbocycles. The molecule has 0 N–H and O–H groups in total. The van der Waals surface area contributed by atoms with Crippen molar-refractivity contribution in [2.24, 2.45) is 0 Å². The minimum Gasteiger partial charge on any atom is -0.444 e. The first-order chi connectivity index (χ1) is 8.28. The average molecular weight is 254 g/mol. The largest absolute Gasteiger partial charge is 0.444 e. The number of Topliss-reactive ketones (excluding diaryl/α,β-unsaturated/α-hetero) is 1. The number of rotatable bonds is 1. The molecule has 0 saturated carbocycles. The van der Waals surface area contributed by atoms with Crippen molar-refractivity contribution in [2.75, 3.05) is 26.2 Å². The van der Waals surface area contributed by atoms with Gasteiger partial charge in [-0.15, -0.1) is 0 Å². The summed E-state index contributed by atoms with van der Waals surface area (Å²) < 4.78 is 5.31. The van der Waals surface area contributed by atoms with Crippen LogP contribution in [0.5, 0.6) is 0 Å². The first-order valence-electron chi connectivity index (χ1n) is 6.55. The third-order valence-electron chi connectivity index (χ3n) is 3.67. The van der Waals surface area contributed by atoms with Crippen molar-refractivity contribution in [3.8, 4) is 0 Å². The monoisotopic (exact) mass is 254 g/mol. The smallest absolute Gasteiger partial charge is 0.410 e. The van der Waals surface area contributed by atoms with E-state index in [-0.39, 0.29) is 11.9 Å². The van der Waals surface area contributed by atoms with Gasteiger partial charge in [-0.3, -0.25) is 9.69 Å².